The minimum absolute atomic E-state index is 0.166. The van der Waals surface area contributed by atoms with Crippen molar-refractivity contribution in [2.75, 3.05) is 5.32 Å². The van der Waals surface area contributed by atoms with Gasteiger partial charge in [-0.1, -0.05) is 18.2 Å². The van der Waals surface area contributed by atoms with Crippen molar-refractivity contribution in [3.05, 3.63) is 53.8 Å². The van der Waals surface area contributed by atoms with Gasteiger partial charge >= 0.3 is 0 Å². The summed E-state index contributed by atoms with van der Waals surface area (Å²) >= 11 is 1.49. The van der Waals surface area contributed by atoms with E-state index in [0.29, 0.717) is 16.9 Å². The summed E-state index contributed by atoms with van der Waals surface area (Å²) in [5.74, 6) is -0.166. The lowest BCUT2D eigenvalue weighted by molar-refractivity contribution is 0.102. The first kappa shape index (κ1) is 13.7. The molecule has 0 saturated carbocycles. The van der Waals surface area contributed by atoms with Gasteiger partial charge < -0.3 is 9.88 Å². The van der Waals surface area contributed by atoms with Crippen molar-refractivity contribution in [1.29, 1.82) is 0 Å². The van der Waals surface area contributed by atoms with Crippen LogP contribution in [0.15, 0.2) is 48.2 Å². The van der Waals surface area contributed by atoms with Gasteiger partial charge in [-0.2, -0.15) is 5.10 Å². The summed E-state index contributed by atoms with van der Waals surface area (Å²) in [7, 11) is 1.93. The van der Waals surface area contributed by atoms with E-state index < -0.39 is 0 Å². The van der Waals surface area contributed by atoms with Crippen LogP contribution in [0.5, 0.6) is 0 Å². The highest BCUT2D eigenvalue weighted by Crippen LogP contribution is 2.28. The Kier molecular flexibility index (Phi) is 3.20. The van der Waals surface area contributed by atoms with Gasteiger partial charge in [0, 0.05) is 35.7 Å². The van der Waals surface area contributed by atoms with Crippen LogP contribution in [0.4, 0.5) is 5.69 Å². The Morgan fingerprint density at radius 1 is 1.35 bits per heavy atom. The fourth-order valence-electron chi connectivity index (χ4n) is 2.60. The van der Waals surface area contributed by atoms with Crippen LogP contribution >= 0.6 is 11.3 Å². The molecule has 0 unspecified atom stereocenters. The number of anilines is 1. The van der Waals surface area contributed by atoms with Crippen LogP contribution in [-0.4, -0.2) is 25.7 Å². The molecule has 3 heterocycles. The number of nitrogens with zero attached hydrogens (tertiary/aromatic N) is 3. The van der Waals surface area contributed by atoms with E-state index >= 15 is 0 Å². The molecule has 0 spiro atoms. The van der Waals surface area contributed by atoms with Crippen molar-refractivity contribution >= 4 is 33.8 Å². The number of nitrogens with one attached hydrogen (secondary N) is 2. The van der Waals surface area contributed by atoms with Gasteiger partial charge in [0.15, 0.2) is 0 Å². The van der Waals surface area contributed by atoms with Gasteiger partial charge in [0.25, 0.3) is 5.91 Å². The van der Waals surface area contributed by atoms with Gasteiger partial charge in [0.1, 0.15) is 10.7 Å². The maximum absolute atomic E-state index is 12.7. The second-order valence-corrected chi connectivity index (χ2v) is 6.02. The molecular formula is C16H13N5OS. The Hall–Kier alpha value is -2.93. The number of H-pyrrole nitrogens is 1. The summed E-state index contributed by atoms with van der Waals surface area (Å²) in [6, 6.07) is 7.82. The third-order valence-electron chi connectivity index (χ3n) is 3.68. The van der Waals surface area contributed by atoms with E-state index in [1.807, 2.05) is 47.5 Å². The number of aryl methyl sites for hydroxylation is 1. The monoisotopic (exact) mass is 323 g/mol. The number of benzene rings is 1. The quantitative estimate of drug-likeness (QED) is 0.607. The molecule has 0 saturated heterocycles. The molecular weight excluding hydrogens is 310 g/mol. The highest BCUT2D eigenvalue weighted by atomic mass is 32.1. The van der Waals surface area contributed by atoms with Gasteiger partial charge in [-0.15, -0.1) is 11.3 Å². The maximum atomic E-state index is 12.7. The molecule has 23 heavy (non-hydrogen) atoms. The van der Waals surface area contributed by atoms with Crippen molar-refractivity contribution in [1.82, 2.24) is 19.7 Å². The average molecular weight is 323 g/mol. The van der Waals surface area contributed by atoms with Gasteiger partial charge in [0.05, 0.1) is 17.4 Å². The normalized spacial score (nSPS) is 11.0. The maximum Gasteiger partial charge on any atom is 0.257 e. The van der Waals surface area contributed by atoms with E-state index in [4.69, 9.17) is 0 Å². The molecule has 114 valence electrons. The lowest BCUT2D eigenvalue weighted by atomic mass is 10.1. The van der Waals surface area contributed by atoms with Crippen LogP contribution in [0.3, 0.4) is 0 Å². The van der Waals surface area contributed by atoms with Crippen molar-refractivity contribution < 1.29 is 4.79 Å². The van der Waals surface area contributed by atoms with E-state index in [1.54, 1.807) is 12.4 Å². The van der Waals surface area contributed by atoms with Crippen LogP contribution in [0.2, 0.25) is 0 Å². The number of hydrogen-bond donors (Lipinski definition) is 2. The number of rotatable bonds is 3. The van der Waals surface area contributed by atoms with Crippen molar-refractivity contribution in [2.45, 2.75) is 0 Å². The number of amides is 1. The van der Waals surface area contributed by atoms with E-state index in [2.05, 4.69) is 20.5 Å². The average Bonchev–Trinajstić information content (AvgIpc) is 3.27. The third kappa shape index (κ3) is 2.31. The minimum Gasteiger partial charge on any atom is -0.350 e. The number of aromatic amines is 1. The van der Waals surface area contributed by atoms with Crippen molar-refractivity contribution in [3.63, 3.8) is 0 Å². The number of para-hydroxylation sites is 1. The summed E-state index contributed by atoms with van der Waals surface area (Å²) in [6.07, 6.45) is 5.15. The standard InChI is InChI=1S/C16H13N5OS/c1-21-9-11(10-4-2-3-5-13(10)21)15(22)19-12-8-18-20-14(12)16-17-6-7-23-16/h2-9H,1H3,(H,18,20)(H,19,22). The summed E-state index contributed by atoms with van der Waals surface area (Å²) in [4.78, 5) is 16.9. The predicted octanol–water partition coefficient (Wildman–Crippen LogP) is 3.28. The first-order valence-electron chi connectivity index (χ1n) is 7.02. The highest BCUT2D eigenvalue weighted by molar-refractivity contribution is 7.13. The molecule has 2 N–H and O–H groups in total. The minimum atomic E-state index is -0.166. The first-order chi connectivity index (χ1) is 11.2. The fraction of sp³-hybridized carbons (Fsp3) is 0.0625. The topological polar surface area (TPSA) is 75.6 Å². The molecule has 0 bridgehead atoms. The molecule has 1 aromatic carbocycles. The smallest absolute Gasteiger partial charge is 0.257 e. The zero-order valence-corrected chi connectivity index (χ0v) is 13.1. The van der Waals surface area contributed by atoms with E-state index in [0.717, 1.165) is 15.9 Å². The van der Waals surface area contributed by atoms with E-state index in [1.165, 1.54) is 11.3 Å². The van der Waals surface area contributed by atoms with Gasteiger partial charge in [-0.25, -0.2) is 4.98 Å². The van der Waals surface area contributed by atoms with Gasteiger partial charge in [0.2, 0.25) is 0 Å². The van der Waals surface area contributed by atoms with Crippen LogP contribution in [0.25, 0.3) is 21.6 Å². The lowest BCUT2D eigenvalue weighted by Crippen LogP contribution is -2.11. The van der Waals surface area contributed by atoms with Gasteiger partial charge in [-0.05, 0) is 6.07 Å². The molecule has 4 rings (SSSR count). The second-order valence-electron chi connectivity index (χ2n) is 5.12. The van der Waals surface area contributed by atoms with Crippen LogP contribution in [0, 0.1) is 0 Å². The van der Waals surface area contributed by atoms with Crippen LogP contribution < -0.4 is 5.32 Å². The lowest BCUT2D eigenvalue weighted by Gasteiger charge is -2.03. The largest absolute Gasteiger partial charge is 0.350 e. The second kappa shape index (κ2) is 5.36. The molecule has 1 amide bonds. The number of carbonyl (C=O) groups excluding carboxylic acids is 1. The zero-order chi connectivity index (χ0) is 15.8. The Bertz CT molecular complexity index is 983. The third-order valence-corrected chi connectivity index (χ3v) is 4.47. The molecule has 0 radical (unpaired) electrons. The van der Waals surface area contributed by atoms with E-state index in [-0.39, 0.29) is 5.91 Å². The van der Waals surface area contributed by atoms with Crippen LogP contribution in [0.1, 0.15) is 10.4 Å². The predicted molar refractivity (Wildman–Crippen MR) is 90.6 cm³/mol. The fourth-order valence-corrected chi connectivity index (χ4v) is 3.25. The van der Waals surface area contributed by atoms with Gasteiger partial charge in [-0.3, -0.25) is 9.89 Å². The Labute approximate surface area is 135 Å². The number of aromatic nitrogens is 4. The molecule has 6 nitrogen and oxygen atoms in total. The Morgan fingerprint density at radius 3 is 3.04 bits per heavy atom. The number of carbonyl (C=O) groups is 1. The molecule has 0 fully saturated rings. The van der Waals surface area contributed by atoms with Crippen molar-refractivity contribution in [2.24, 2.45) is 7.05 Å². The number of hydrogen-bond acceptors (Lipinski definition) is 4. The van der Waals surface area contributed by atoms with Crippen LogP contribution in [-0.2, 0) is 7.05 Å². The summed E-state index contributed by atoms with van der Waals surface area (Å²) < 4.78 is 1.95. The SMILES string of the molecule is Cn1cc(C(=O)Nc2cn[nH]c2-c2nccs2)c2ccccc21. The first-order valence-corrected chi connectivity index (χ1v) is 7.90. The molecule has 0 aliphatic carbocycles. The van der Waals surface area contributed by atoms with E-state index in [9.17, 15) is 4.79 Å². The number of thiazole rings is 1. The Balaban J connectivity index is 1.70. The Morgan fingerprint density at radius 2 is 2.22 bits per heavy atom. The molecule has 4 aromatic rings. The number of fused-ring (bicyclic) bond motifs is 1. The van der Waals surface area contributed by atoms with Crippen molar-refractivity contribution in [3.8, 4) is 10.7 Å². The molecule has 7 heteroatoms. The summed E-state index contributed by atoms with van der Waals surface area (Å²) in [5, 5.41) is 13.4. The summed E-state index contributed by atoms with van der Waals surface area (Å²) in [6.45, 7) is 0. The molecule has 0 atom stereocenters. The molecule has 3 aromatic heterocycles. The summed E-state index contributed by atoms with van der Waals surface area (Å²) in [5.41, 5.74) is 2.99. The molecule has 0 aliphatic rings. The molecule has 0 aliphatic heterocycles. The zero-order valence-electron chi connectivity index (χ0n) is 12.3. The highest BCUT2D eigenvalue weighted by Gasteiger charge is 2.17.